The van der Waals surface area contributed by atoms with Gasteiger partial charge in [0, 0.05) is 12.7 Å². The van der Waals surface area contributed by atoms with E-state index in [1.807, 2.05) is 0 Å². The highest BCUT2D eigenvalue weighted by atomic mass is 19.1. The molecule has 0 saturated heterocycles. The van der Waals surface area contributed by atoms with Gasteiger partial charge in [-0.25, -0.2) is 14.2 Å². The zero-order valence-electron chi connectivity index (χ0n) is 11.8. The van der Waals surface area contributed by atoms with Crippen LogP contribution in [0.15, 0.2) is 42.6 Å². The molecule has 110 valence electrons. The van der Waals surface area contributed by atoms with Crippen LogP contribution in [0, 0.1) is 5.82 Å². The highest BCUT2D eigenvalue weighted by molar-refractivity contribution is 5.94. The first-order valence-corrected chi connectivity index (χ1v) is 6.81. The van der Waals surface area contributed by atoms with Crippen LogP contribution in [0.4, 0.5) is 10.2 Å². The second kappa shape index (κ2) is 7.38. The molecule has 2 aromatic rings. The van der Waals surface area contributed by atoms with Crippen LogP contribution in [0.5, 0.6) is 0 Å². The topological polar surface area (TPSA) is 51.2 Å². The van der Waals surface area contributed by atoms with Crippen LogP contribution in [0.25, 0.3) is 0 Å². The number of benzene rings is 1. The lowest BCUT2D eigenvalue weighted by Crippen LogP contribution is -2.13. The van der Waals surface area contributed by atoms with Crippen molar-refractivity contribution in [2.45, 2.75) is 13.3 Å². The lowest BCUT2D eigenvalue weighted by molar-refractivity contribution is 0.0527. The van der Waals surface area contributed by atoms with Gasteiger partial charge in [-0.05, 0) is 43.2 Å². The molecule has 0 radical (unpaired) electrons. The van der Waals surface area contributed by atoms with Crippen molar-refractivity contribution in [2.75, 3.05) is 18.5 Å². The van der Waals surface area contributed by atoms with Crippen molar-refractivity contribution in [1.82, 2.24) is 4.98 Å². The molecule has 1 aromatic heterocycles. The Morgan fingerprint density at radius 1 is 1.29 bits per heavy atom. The molecule has 0 aliphatic rings. The van der Waals surface area contributed by atoms with Crippen LogP contribution >= 0.6 is 0 Å². The van der Waals surface area contributed by atoms with Crippen LogP contribution in [0.2, 0.25) is 0 Å². The molecule has 4 nitrogen and oxygen atoms in total. The smallest absolute Gasteiger partial charge is 0.341 e. The van der Waals surface area contributed by atoms with Crippen LogP contribution in [-0.4, -0.2) is 24.1 Å². The van der Waals surface area contributed by atoms with Gasteiger partial charge in [-0.1, -0.05) is 12.1 Å². The molecule has 0 atom stereocenters. The largest absolute Gasteiger partial charge is 0.462 e. The van der Waals surface area contributed by atoms with E-state index in [-0.39, 0.29) is 5.82 Å². The third-order valence-electron chi connectivity index (χ3n) is 2.92. The van der Waals surface area contributed by atoms with E-state index in [0.717, 1.165) is 5.56 Å². The average molecular weight is 288 g/mol. The highest BCUT2D eigenvalue weighted by Gasteiger charge is 2.12. The Hall–Kier alpha value is -2.43. The number of nitrogens with zero attached hydrogens (tertiary/aromatic N) is 1. The highest BCUT2D eigenvalue weighted by Crippen LogP contribution is 2.13. The maximum absolute atomic E-state index is 12.8. The standard InChI is InChI=1S/C16H17FN2O2/c1-2-21-16(20)14-4-3-10-18-15(14)19-11-9-12-5-7-13(17)8-6-12/h3-8,10H,2,9,11H2,1H3,(H,18,19). The van der Waals surface area contributed by atoms with Crippen LogP contribution in [-0.2, 0) is 11.2 Å². The number of anilines is 1. The van der Waals surface area contributed by atoms with E-state index in [2.05, 4.69) is 10.3 Å². The molecule has 0 amide bonds. The molecule has 0 fully saturated rings. The Balaban J connectivity index is 1.96. The molecule has 21 heavy (non-hydrogen) atoms. The van der Waals surface area contributed by atoms with E-state index in [4.69, 9.17) is 4.74 Å². The Morgan fingerprint density at radius 3 is 2.76 bits per heavy atom. The van der Waals surface area contributed by atoms with Gasteiger partial charge < -0.3 is 10.1 Å². The van der Waals surface area contributed by atoms with Crippen molar-refractivity contribution in [1.29, 1.82) is 0 Å². The van der Waals surface area contributed by atoms with Crippen LogP contribution in [0.3, 0.4) is 0 Å². The van der Waals surface area contributed by atoms with Gasteiger partial charge in [0.1, 0.15) is 17.2 Å². The summed E-state index contributed by atoms with van der Waals surface area (Å²) in [7, 11) is 0. The second-order valence-electron chi connectivity index (χ2n) is 4.42. The van der Waals surface area contributed by atoms with Gasteiger partial charge in [0.2, 0.25) is 0 Å². The summed E-state index contributed by atoms with van der Waals surface area (Å²) in [5.41, 5.74) is 1.43. The van der Waals surface area contributed by atoms with Gasteiger partial charge in [-0.2, -0.15) is 0 Å². The number of carbonyl (C=O) groups is 1. The SMILES string of the molecule is CCOC(=O)c1cccnc1NCCc1ccc(F)cc1. The lowest BCUT2D eigenvalue weighted by atomic mass is 10.1. The first-order valence-electron chi connectivity index (χ1n) is 6.81. The minimum absolute atomic E-state index is 0.249. The second-order valence-corrected chi connectivity index (χ2v) is 4.42. The summed E-state index contributed by atoms with van der Waals surface area (Å²) >= 11 is 0. The number of carbonyl (C=O) groups excluding carboxylic acids is 1. The number of hydrogen-bond donors (Lipinski definition) is 1. The molecule has 1 N–H and O–H groups in total. The van der Waals surface area contributed by atoms with Gasteiger partial charge in [-0.15, -0.1) is 0 Å². The Bertz CT molecular complexity index is 599. The minimum Gasteiger partial charge on any atom is -0.462 e. The number of rotatable bonds is 6. The summed E-state index contributed by atoms with van der Waals surface area (Å²) in [4.78, 5) is 15.9. The molecule has 0 unspecified atom stereocenters. The quantitative estimate of drug-likeness (QED) is 0.830. The van der Waals surface area contributed by atoms with Crippen molar-refractivity contribution < 1.29 is 13.9 Å². The molecular weight excluding hydrogens is 271 g/mol. The Labute approximate surface area is 123 Å². The molecule has 0 bridgehead atoms. The summed E-state index contributed by atoms with van der Waals surface area (Å²) < 4.78 is 17.8. The Morgan fingerprint density at radius 2 is 2.05 bits per heavy atom. The Kier molecular flexibility index (Phi) is 5.26. The van der Waals surface area contributed by atoms with Gasteiger partial charge >= 0.3 is 5.97 Å². The summed E-state index contributed by atoms with van der Waals surface area (Å²) in [6.07, 6.45) is 2.32. The van der Waals surface area contributed by atoms with Crippen LogP contribution < -0.4 is 5.32 Å². The summed E-state index contributed by atoms with van der Waals surface area (Å²) in [6, 6.07) is 9.70. The van der Waals surface area contributed by atoms with Gasteiger partial charge in [0.15, 0.2) is 0 Å². The number of halogens is 1. The molecule has 0 aliphatic carbocycles. The molecule has 1 heterocycles. The number of nitrogens with one attached hydrogen (secondary N) is 1. The monoisotopic (exact) mass is 288 g/mol. The van der Waals surface area contributed by atoms with Crippen molar-refractivity contribution in [2.24, 2.45) is 0 Å². The van der Waals surface area contributed by atoms with E-state index >= 15 is 0 Å². The molecule has 2 rings (SSSR count). The van der Waals surface area contributed by atoms with Gasteiger partial charge in [-0.3, -0.25) is 0 Å². The van der Waals surface area contributed by atoms with E-state index < -0.39 is 5.97 Å². The number of esters is 1. The van der Waals surface area contributed by atoms with E-state index in [0.29, 0.717) is 31.0 Å². The van der Waals surface area contributed by atoms with E-state index in [9.17, 15) is 9.18 Å². The molecule has 0 aliphatic heterocycles. The van der Waals surface area contributed by atoms with Crippen molar-refractivity contribution in [3.63, 3.8) is 0 Å². The molecular formula is C16H17FN2O2. The summed E-state index contributed by atoms with van der Waals surface area (Å²) in [6.45, 7) is 2.67. The zero-order valence-corrected chi connectivity index (χ0v) is 11.8. The summed E-state index contributed by atoms with van der Waals surface area (Å²) in [5.74, 6) is -0.144. The van der Waals surface area contributed by atoms with Crippen LogP contribution in [0.1, 0.15) is 22.8 Å². The minimum atomic E-state index is -0.394. The number of aromatic nitrogens is 1. The van der Waals surface area contributed by atoms with Crippen molar-refractivity contribution >= 4 is 11.8 Å². The molecule has 5 heteroatoms. The first kappa shape index (κ1) is 15.0. The summed E-state index contributed by atoms with van der Waals surface area (Å²) in [5, 5.41) is 3.11. The number of hydrogen-bond acceptors (Lipinski definition) is 4. The number of ether oxygens (including phenoxy) is 1. The van der Waals surface area contributed by atoms with Gasteiger partial charge in [0.05, 0.1) is 6.61 Å². The lowest BCUT2D eigenvalue weighted by Gasteiger charge is -2.10. The predicted molar refractivity (Wildman–Crippen MR) is 78.8 cm³/mol. The van der Waals surface area contributed by atoms with Crippen molar-refractivity contribution in [3.8, 4) is 0 Å². The predicted octanol–water partition coefficient (Wildman–Crippen LogP) is 3.05. The fourth-order valence-electron chi connectivity index (χ4n) is 1.90. The van der Waals surface area contributed by atoms with E-state index in [1.165, 1.54) is 12.1 Å². The fraction of sp³-hybridized carbons (Fsp3) is 0.250. The maximum Gasteiger partial charge on any atom is 0.341 e. The third-order valence-corrected chi connectivity index (χ3v) is 2.92. The normalized spacial score (nSPS) is 10.2. The molecule has 0 spiro atoms. The molecule has 1 aromatic carbocycles. The van der Waals surface area contributed by atoms with Gasteiger partial charge in [0.25, 0.3) is 0 Å². The average Bonchev–Trinajstić information content (AvgIpc) is 2.50. The van der Waals surface area contributed by atoms with Crippen molar-refractivity contribution in [3.05, 3.63) is 59.5 Å². The number of pyridine rings is 1. The van der Waals surface area contributed by atoms with E-state index in [1.54, 1.807) is 37.4 Å². The maximum atomic E-state index is 12.8. The zero-order chi connectivity index (χ0) is 15.1. The fourth-order valence-corrected chi connectivity index (χ4v) is 1.90. The third kappa shape index (κ3) is 4.27. The molecule has 0 saturated carbocycles. The first-order chi connectivity index (χ1) is 10.2.